The average molecular weight is 397 g/mol. The zero-order valence-corrected chi connectivity index (χ0v) is 17.7. The summed E-state index contributed by atoms with van der Waals surface area (Å²) in [5.74, 6) is 1.72. The second-order valence-electron chi connectivity index (χ2n) is 7.73. The van der Waals surface area contributed by atoms with Gasteiger partial charge < -0.3 is 15.5 Å². The van der Waals surface area contributed by atoms with Crippen LogP contribution in [0.3, 0.4) is 0 Å². The maximum atomic E-state index is 11.5. The number of hydrogen-bond donors (Lipinski definition) is 3. The van der Waals surface area contributed by atoms with Crippen molar-refractivity contribution in [2.75, 3.05) is 37.8 Å². The molecule has 8 nitrogen and oxygen atoms in total. The number of pyridine rings is 1. The lowest BCUT2D eigenvalue weighted by Gasteiger charge is -2.34. The first-order valence-corrected chi connectivity index (χ1v) is 11.1. The Kier molecular flexibility index (Phi) is 7.05. The quantitative estimate of drug-likeness (QED) is 0.487. The first-order valence-electron chi connectivity index (χ1n) is 9.23. The van der Waals surface area contributed by atoms with Crippen LogP contribution in [0.5, 0.6) is 0 Å². The molecular weight excluding hydrogens is 364 g/mol. The van der Waals surface area contributed by atoms with Crippen molar-refractivity contribution >= 4 is 21.8 Å². The Morgan fingerprint density at radius 3 is 2.56 bits per heavy atom. The number of hydrogen-bond acceptors (Lipinski definition) is 5. The maximum Gasteiger partial charge on any atom is 0.209 e. The molecule has 0 amide bonds. The van der Waals surface area contributed by atoms with E-state index in [0.717, 1.165) is 37.4 Å². The fourth-order valence-corrected chi connectivity index (χ4v) is 4.26. The standard InChI is InChI=1S/C18H32N6O2S/c1-14-7-6-8-16(21-14)24-11-9-15(10-12-24)22-17(19-4)20-13-18(2,3)23-27(5,25)26/h6-8,15,23H,9-13H2,1-5H3,(H2,19,20,22). The van der Waals surface area contributed by atoms with Gasteiger partial charge in [0.2, 0.25) is 10.0 Å². The summed E-state index contributed by atoms with van der Waals surface area (Å²) in [6.45, 7) is 7.99. The minimum Gasteiger partial charge on any atom is -0.356 e. The number of nitrogens with zero attached hydrogens (tertiary/aromatic N) is 3. The minimum atomic E-state index is -3.26. The fourth-order valence-electron chi connectivity index (χ4n) is 3.19. The highest BCUT2D eigenvalue weighted by atomic mass is 32.2. The number of rotatable bonds is 6. The number of aliphatic imine (C=N–C) groups is 1. The van der Waals surface area contributed by atoms with E-state index in [0.29, 0.717) is 18.5 Å². The van der Waals surface area contributed by atoms with Crippen LogP contribution in [0.15, 0.2) is 23.2 Å². The summed E-state index contributed by atoms with van der Waals surface area (Å²) in [5, 5.41) is 6.65. The molecular formula is C18H32N6O2S. The van der Waals surface area contributed by atoms with Crippen molar-refractivity contribution < 1.29 is 8.42 Å². The van der Waals surface area contributed by atoms with Crippen LogP contribution < -0.4 is 20.3 Å². The van der Waals surface area contributed by atoms with Crippen molar-refractivity contribution in [1.29, 1.82) is 0 Å². The normalized spacial score (nSPS) is 17.1. The molecule has 0 aromatic carbocycles. The van der Waals surface area contributed by atoms with E-state index in [1.54, 1.807) is 7.05 Å². The Balaban J connectivity index is 1.82. The molecule has 0 bridgehead atoms. The number of aromatic nitrogens is 1. The van der Waals surface area contributed by atoms with Gasteiger partial charge in [-0.15, -0.1) is 0 Å². The van der Waals surface area contributed by atoms with Gasteiger partial charge in [-0.25, -0.2) is 18.1 Å². The number of sulfonamides is 1. The predicted molar refractivity (Wildman–Crippen MR) is 111 cm³/mol. The molecule has 0 radical (unpaired) electrons. The van der Waals surface area contributed by atoms with Crippen molar-refractivity contribution in [2.24, 2.45) is 4.99 Å². The van der Waals surface area contributed by atoms with Gasteiger partial charge in [-0.1, -0.05) is 6.07 Å². The van der Waals surface area contributed by atoms with Crippen LogP contribution in [-0.2, 0) is 10.0 Å². The molecule has 1 aromatic heterocycles. The summed E-state index contributed by atoms with van der Waals surface area (Å²) in [6.07, 6.45) is 3.14. The fraction of sp³-hybridized carbons (Fsp3) is 0.667. The van der Waals surface area contributed by atoms with E-state index < -0.39 is 15.6 Å². The highest BCUT2D eigenvalue weighted by molar-refractivity contribution is 7.88. The molecule has 1 aliphatic heterocycles. The van der Waals surface area contributed by atoms with Crippen LogP contribution in [-0.4, -0.2) is 63.9 Å². The van der Waals surface area contributed by atoms with E-state index >= 15 is 0 Å². The number of nitrogens with one attached hydrogen (secondary N) is 3. The van der Waals surface area contributed by atoms with Gasteiger partial charge in [0.05, 0.1) is 6.26 Å². The lowest BCUT2D eigenvalue weighted by molar-refractivity contribution is 0.433. The van der Waals surface area contributed by atoms with E-state index in [2.05, 4.69) is 36.3 Å². The lowest BCUT2D eigenvalue weighted by Crippen LogP contribution is -2.55. The van der Waals surface area contributed by atoms with E-state index in [1.165, 1.54) is 6.26 Å². The molecule has 1 fully saturated rings. The highest BCUT2D eigenvalue weighted by Crippen LogP contribution is 2.18. The van der Waals surface area contributed by atoms with Crippen LogP contribution in [0, 0.1) is 6.92 Å². The molecule has 9 heteroatoms. The maximum absolute atomic E-state index is 11.5. The summed E-state index contributed by atoms with van der Waals surface area (Å²) < 4.78 is 25.5. The third-order valence-electron chi connectivity index (χ3n) is 4.42. The Morgan fingerprint density at radius 1 is 1.33 bits per heavy atom. The van der Waals surface area contributed by atoms with Crippen molar-refractivity contribution in [3.8, 4) is 0 Å². The van der Waals surface area contributed by atoms with E-state index in [-0.39, 0.29) is 0 Å². The molecule has 1 aromatic rings. The molecule has 1 saturated heterocycles. The van der Waals surface area contributed by atoms with Gasteiger partial charge in [-0.2, -0.15) is 0 Å². The molecule has 2 heterocycles. The van der Waals surface area contributed by atoms with Gasteiger partial charge in [0.25, 0.3) is 0 Å². The average Bonchev–Trinajstić information content (AvgIpc) is 2.57. The summed E-state index contributed by atoms with van der Waals surface area (Å²) in [7, 11) is -1.54. The largest absolute Gasteiger partial charge is 0.356 e. The molecule has 0 spiro atoms. The number of guanidine groups is 1. The SMILES string of the molecule is CN=C(NCC(C)(C)NS(C)(=O)=O)NC1CCN(c2cccc(C)n2)CC1. The van der Waals surface area contributed by atoms with Gasteiger partial charge in [0.1, 0.15) is 5.82 Å². The number of aryl methyl sites for hydroxylation is 1. The van der Waals surface area contributed by atoms with E-state index in [9.17, 15) is 8.42 Å². The third-order valence-corrected chi connectivity index (χ3v) is 5.34. The van der Waals surface area contributed by atoms with Gasteiger partial charge in [0, 0.05) is 44.0 Å². The molecule has 2 rings (SSSR count). The Labute approximate surface area is 162 Å². The number of anilines is 1. The smallest absolute Gasteiger partial charge is 0.209 e. The van der Waals surface area contributed by atoms with Crippen LogP contribution in [0.1, 0.15) is 32.4 Å². The van der Waals surface area contributed by atoms with Crippen LogP contribution >= 0.6 is 0 Å². The lowest BCUT2D eigenvalue weighted by atomic mass is 10.0. The first-order chi connectivity index (χ1) is 12.6. The number of piperidine rings is 1. The van der Waals surface area contributed by atoms with Gasteiger partial charge in [-0.05, 0) is 45.7 Å². The van der Waals surface area contributed by atoms with Crippen LogP contribution in [0.4, 0.5) is 5.82 Å². The molecule has 0 aliphatic carbocycles. The zero-order chi connectivity index (χ0) is 20.1. The third kappa shape index (κ3) is 7.34. The van der Waals surface area contributed by atoms with E-state index in [1.807, 2.05) is 32.9 Å². The molecule has 0 saturated carbocycles. The molecule has 1 aliphatic rings. The zero-order valence-electron chi connectivity index (χ0n) is 16.9. The van der Waals surface area contributed by atoms with Gasteiger partial charge >= 0.3 is 0 Å². The predicted octanol–water partition coefficient (Wildman–Crippen LogP) is 0.852. The van der Waals surface area contributed by atoms with Crippen molar-refractivity contribution in [3.05, 3.63) is 23.9 Å². The monoisotopic (exact) mass is 396 g/mol. The van der Waals surface area contributed by atoms with Crippen molar-refractivity contribution in [1.82, 2.24) is 20.3 Å². The summed E-state index contributed by atoms with van der Waals surface area (Å²) in [5.41, 5.74) is 0.425. The summed E-state index contributed by atoms with van der Waals surface area (Å²) in [6, 6.07) is 6.43. The molecule has 27 heavy (non-hydrogen) atoms. The van der Waals surface area contributed by atoms with Crippen molar-refractivity contribution in [3.63, 3.8) is 0 Å². The topological polar surface area (TPSA) is 98.7 Å². The Morgan fingerprint density at radius 2 is 2.00 bits per heavy atom. The molecule has 3 N–H and O–H groups in total. The molecule has 0 atom stereocenters. The second kappa shape index (κ2) is 8.88. The summed E-state index contributed by atoms with van der Waals surface area (Å²) in [4.78, 5) is 11.2. The van der Waals surface area contributed by atoms with Crippen LogP contribution in [0.2, 0.25) is 0 Å². The van der Waals surface area contributed by atoms with Gasteiger partial charge in [-0.3, -0.25) is 4.99 Å². The molecule has 152 valence electrons. The van der Waals surface area contributed by atoms with Gasteiger partial charge in [0.15, 0.2) is 5.96 Å². The summed E-state index contributed by atoms with van der Waals surface area (Å²) >= 11 is 0. The minimum absolute atomic E-state index is 0.322. The Hall–Kier alpha value is -1.87. The molecule has 0 unspecified atom stereocenters. The van der Waals surface area contributed by atoms with Crippen LogP contribution in [0.25, 0.3) is 0 Å². The Bertz CT molecular complexity index is 755. The van der Waals surface area contributed by atoms with E-state index in [4.69, 9.17) is 0 Å². The highest BCUT2D eigenvalue weighted by Gasteiger charge is 2.24. The first kappa shape index (κ1) is 21.4. The second-order valence-corrected chi connectivity index (χ2v) is 9.48. The van der Waals surface area contributed by atoms with Crippen molar-refractivity contribution in [2.45, 2.75) is 45.2 Å².